The number of carbonyl (C=O) groups excluding carboxylic acids is 1. The summed E-state index contributed by atoms with van der Waals surface area (Å²) in [5.74, 6) is 0.423. The van der Waals surface area contributed by atoms with Crippen LogP contribution in [0.2, 0.25) is 0 Å². The third-order valence-electron chi connectivity index (χ3n) is 4.98. The number of carbonyl (C=O) groups is 1. The van der Waals surface area contributed by atoms with Crippen molar-refractivity contribution in [2.45, 2.75) is 23.3 Å². The van der Waals surface area contributed by atoms with E-state index in [2.05, 4.69) is 50.3 Å². The molecule has 0 aliphatic carbocycles. The fourth-order valence-corrected chi connectivity index (χ4v) is 5.47. The van der Waals surface area contributed by atoms with E-state index in [9.17, 15) is 4.79 Å². The van der Waals surface area contributed by atoms with Crippen molar-refractivity contribution in [3.63, 3.8) is 0 Å². The first-order chi connectivity index (χ1) is 14.2. The van der Waals surface area contributed by atoms with E-state index in [1.807, 2.05) is 18.5 Å². The van der Waals surface area contributed by atoms with Crippen molar-refractivity contribution >= 4 is 50.1 Å². The molecule has 0 spiro atoms. The third-order valence-corrected chi connectivity index (χ3v) is 7.14. The summed E-state index contributed by atoms with van der Waals surface area (Å²) < 4.78 is 9.59. The molecule has 1 N–H and O–H groups in total. The molecule has 4 aromatic rings. The number of fused-ring (bicyclic) bond motifs is 2. The highest BCUT2D eigenvalue weighted by Gasteiger charge is 2.18. The molecule has 0 unspecified atom stereocenters. The van der Waals surface area contributed by atoms with E-state index < -0.39 is 0 Å². The first-order valence-electron chi connectivity index (χ1n) is 9.53. The standard InChI is InChI=1S/C21H20N4O2S2/c26-20(23-16-5-8-27-12-16)13-28-21-24-17-2-1-14(9-19(17)29-21)11-25-7-4-15-10-22-6-3-18(15)25/h1-4,6-7,9-10,16H,5,8,11-13H2,(H,23,26)/t16-/m1/s1. The quantitative estimate of drug-likeness (QED) is 0.478. The Morgan fingerprint density at radius 2 is 2.31 bits per heavy atom. The second kappa shape index (κ2) is 8.14. The topological polar surface area (TPSA) is 69.0 Å². The van der Waals surface area contributed by atoms with E-state index in [1.54, 1.807) is 11.3 Å². The number of aromatic nitrogens is 3. The van der Waals surface area contributed by atoms with E-state index in [0.29, 0.717) is 12.4 Å². The van der Waals surface area contributed by atoms with E-state index >= 15 is 0 Å². The number of hydrogen-bond donors (Lipinski definition) is 1. The molecule has 29 heavy (non-hydrogen) atoms. The lowest BCUT2D eigenvalue weighted by molar-refractivity contribution is -0.119. The van der Waals surface area contributed by atoms with Crippen LogP contribution in [0.1, 0.15) is 12.0 Å². The Balaban J connectivity index is 1.26. The van der Waals surface area contributed by atoms with Gasteiger partial charge in [-0.3, -0.25) is 9.78 Å². The van der Waals surface area contributed by atoms with Crippen molar-refractivity contribution in [3.8, 4) is 0 Å². The van der Waals surface area contributed by atoms with Crippen molar-refractivity contribution in [1.82, 2.24) is 19.9 Å². The monoisotopic (exact) mass is 424 g/mol. The molecule has 8 heteroatoms. The number of thiazole rings is 1. The Hall–Kier alpha value is -2.42. The predicted molar refractivity (Wildman–Crippen MR) is 117 cm³/mol. The van der Waals surface area contributed by atoms with E-state index in [1.165, 1.54) is 22.8 Å². The average molecular weight is 425 g/mol. The molecule has 0 radical (unpaired) electrons. The predicted octanol–water partition coefficient (Wildman–Crippen LogP) is 3.69. The van der Waals surface area contributed by atoms with Gasteiger partial charge >= 0.3 is 0 Å². The van der Waals surface area contributed by atoms with Crippen LogP contribution in [0.5, 0.6) is 0 Å². The number of thioether (sulfide) groups is 1. The van der Waals surface area contributed by atoms with E-state index in [0.717, 1.165) is 39.5 Å². The Morgan fingerprint density at radius 3 is 3.21 bits per heavy atom. The Kier molecular flexibility index (Phi) is 5.22. The summed E-state index contributed by atoms with van der Waals surface area (Å²) >= 11 is 3.13. The molecule has 1 aromatic carbocycles. The van der Waals surface area contributed by atoms with Gasteiger partial charge in [0, 0.05) is 37.1 Å². The molecule has 1 atom stereocenters. The zero-order chi connectivity index (χ0) is 19.6. The summed E-state index contributed by atoms with van der Waals surface area (Å²) in [5, 5.41) is 4.16. The Morgan fingerprint density at radius 1 is 1.34 bits per heavy atom. The summed E-state index contributed by atoms with van der Waals surface area (Å²) in [5.41, 5.74) is 3.39. The fourth-order valence-electron chi connectivity index (χ4n) is 3.53. The number of nitrogens with one attached hydrogen (secondary N) is 1. The summed E-state index contributed by atoms with van der Waals surface area (Å²) in [7, 11) is 0. The van der Waals surface area contributed by atoms with Crippen molar-refractivity contribution in [3.05, 3.63) is 54.5 Å². The first kappa shape index (κ1) is 18.6. The SMILES string of the molecule is O=C(CSc1nc2ccc(Cn3ccc4cnccc43)cc2s1)N[C@@H]1CCOC1. The van der Waals surface area contributed by atoms with Gasteiger partial charge in [0.05, 0.1) is 34.1 Å². The molecular weight excluding hydrogens is 404 g/mol. The maximum absolute atomic E-state index is 12.1. The second-order valence-corrected chi connectivity index (χ2v) is 9.33. The number of pyridine rings is 1. The van der Waals surface area contributed by atoms with E-state index in [4.69, 9.17) is 4.74 Å². The van der Waals surface area contributed by atoms with Crippen LogP contribution in [0.25, 0.3) is 21.1 Å². The molecule has 1 saturated heterocycles. The Labute approximate surface area is 176 Å². The number of ether oxygens (including phenoxy) is 1. The van der Waals surface area contributed by atoms with Gasteiger partial charge in [-0.25, -0.2) is 4.98 Å². The van der Waals surface area contributed by atoms with Crippen LogP contribution in [-0.4, -0.2) is 45.5 Å². The second-order valence-electron chi connectivity index (χ2n) is 7.08. The van der Waals surface area contributed by atoms with Crippen LogP contribution in [0.3, 0.4) is 0 Å². The molecule has 0 bridgehead atoms. The van der Waals surface area contributed by atoms with Gasteiger partial charge in [-0.2, -0.15) is 0 Å². The fraction of sp³-hybridized carbons (Fsp3) is 0.286. The number of amides is 1. The highest BCUT2D eigenvalue weighted by Crippen LogP contribution is 2.30. The zero-order valence-electron chi connectivity index (χ0n) is 15.7. The van der Waals surface area contributed by atoms with Gasteiger partial charge in [-0.05, 0) is 36.2 Å². The lowest BCUT2D eigenvalue weighted by Crippen LogP contribution is -2.36. The molecule has 1 aliphatic rings. The van der Waals surface area contributed by atoms with Gasteiger partial charge in [-0.1, -0.05) is 17.8 Å². The van der Waals surface area contributed by atoms with Crippen LogP contribution < -0.4 is 5.32 Å². The van der Waals surface area contributed by atoms with Crippen molar-refractivity contribution in [2.75, 3.05) is 19.0 Å². The molecule has 1 amide bonds. The molecule has 4 heterocycles. The van der Waals surface area contributed by atoms with Gasteiger partial charge in [0.2, 0.25) is 5.91 Å². The van der Waals surface area contributed by atoms with Gasteiger partial charge in [0.15, 0.2) is 4.34 Å². The smallest absolute Gasteiger partial charge is 0.230 e. The van der Waals surface area contributed by atoms with Gasteiger partial charge in [-0.15, -0.1) is 11.3 Å². The van der Waals surface area contributed by atoms with Crippen molar-refractivity contribution in [1.29, 1.82) is 0 Å². The number of rotatable bonds is 6. The van der Waals surface area contributed by atoms with Gasteiger partial charge in [0.25, 0.3) is 0 Å². The summed E-state index contributed by atoms with van der Waals surface area (Å²) in [6, 6.07) is 10.7. The lowest BCUT2D eigenvalue weighted by Gasteiger charge is -2.09. The maximum Gasteiger partial charge on any atom is 0.230 e. The van der Waals surface area contributed by atoms with E-state index in [-0.39, 0.29) is 11.9 Å². The lowest BCUT2D eigenvalue weighted by atomic mass is 10.2. The van der Waals surface area contributed by atoms with Crippen LogP contribution >= 0.6 is 23.1 Å². The summed E-state index contributed by atoms with van der Waals surface area (Å²) in [6.07, 6.45) is 6.70. The minimum atomic E-state index is 0.0411. The minimum Gasteiger partial charge on any atom is -0.379 e. The number of benzene rings is 1. The molecule has 3 aromatic heterocycles. The highest BCUT2D eigenvalue weighted by atomic mass is 32.2. The molecule has 6 nitrogen and oxygen atoms in total. The van der Waals surface area contributed by atoms with Crippen LogP contribution in [0, 0.1) is 0 Å². The maximum atomic E-state index is 12.1. The van der Waals surface area contributed by atoms with Crippen LogP contribution in [0.15, 0.2) is 53.3 Å². The van der Waals surface area contributed by atoms with Crippen LogP contribution in [-0.2, 0) is 16.1 Å². The zero-order valence-corrected chi connectivity index (χ0v) is 17.3. The molecule has 1 fully saturated rings. The number of hydrogen-bond acceptors (Lipinski definition) is 6. The van der Waals surface area contributed by atoms with Crippen molar-refractivity contribution in [2.24, 2.45) is 0 Å². The molecule has 5 rings (SSSR count). The first-order valence-corrected chi connectivity index (χ1v) is 11.3. The molecule has 1 aliphatic heterocycles. The number of nitrogens with zero attached hydrogens (tertiary/aromatic N) is 3. The largest absolute Gasteiger partial charge is 0.379 e. The van der Waals surface area contributed by atoms with Crippen molar-refractivity contribution < 1.29 is 9.53 Å². The summed E-state index contributed by atoms with van der Waals surface area (Å²) in [4.78, 5) is 21.0. The minimum absolute atomic E-state index is 0.0411. The molecule has 148 valence electrons. The molecular formula is C21H20N4O2S2. The third kappa shape index (κ3) is 4.14. The average Bonchev–Trinajstić information content (AvgIpc) is 3.46. The normalized spacial score (nSPS) is 16.6. The van der Waals surface area contributed by atoms with Gasteiger partial charge in [0.1, 0.15) is 0 Å². The van der Waals surface area contributed by atoms with Gasteiger partial charge < -0.3 is 14.6 Å². The van der Waals surface area contributed by atoms with Crippen LogP contribution in [0.4, 0.5) is 0 Å². The highest BCUT2D eigenvalue weighted by molar-refractivity contribution is 8.01. The molecule has 0 saturated carbocycles. The Bertz CT molecular complexity index is 1160. The summed E-state index contributed by atoms with van der Waals surface area (Å²) in [6.45, 7) is 2.15.